The van der Waals surface area contributed by atoms with E-state index in [0.29, 0.717) is 6.54 Å². The molecule has 2 aromatic rings. The van der Waals surface area contributed by atoms with Crippen LogP contribution in [0.25, 0.3) is 0 Å². The Morgan fingerprint density at radius 2 is 2.04 bits per heavy atom. The van der Waals surface area contributed by atoms with Crippen molar-refractivity contribution in [3.63, 3.8) is 0 Å². The molecule has 2 rings (SSSR count). The molecule has 0 spiro atoms. The number of nitrogens with zero attached hydrogens (tertiary/aromatic N) is 2. The van der Waals surface area contributed by atoms with Gasteiger partial charge in [-0.15, -0.1) is 11.3 Å². The van der Waals surface area contributed by atoms with Gasteiger partial charge >= 0.3 is 0 Å². The Kier molecular flexibility index (Phi) is 8.28. The zero-order valence-electron chi connectivity index (χ0n) is 16.1. The molecule has 0 aliphatic carbocycles. The highest BCUT2D eigenvalue weighted by Crippen LogP contribution is 2.24. The van der Waals surface area contributed by atoms with E-state index in [1.54, 1.807) is 25.6 Å². The summed E-state index contributed by atoms with van der Waals surface area (Å²) in [6.45, 7) is 4.57. The number of guanidine groups is 1. The van der Waals surface area contributed by atoms with E-state index >= 15 is 0 Å². The van der Waals surface area contributed by atoms with Crippen LogP contribution in [0.3, 0.4) is 0 Å². The average molecular weight is 376 g/mol. The molecule has 1 heterocycles. The van der Waals surface area contributed by atoms with Crippen LogP contribution in [0.15, 0.2) is 40.7 Å². The van der Waals surface area contributed by atoms with Crippen molar-refractivity contribution >= 4 is 17.3 Å². The third-order valence-electron chi connectivity index (χ3n) is 4.10. The molecule has 0 atom stereocenters. The minimum absolute atomic E-state index is 0.690. The standard InChI is InChI=1S/C20H29N3O2S/c1-5-21-20(23(2)13-11-18-7-6-14-26-18)22-12-10-16-15-17(24-3)8-9-19(16)25-4/h6-9,14-15H,5,10-13H2,1-4H3,(H,21,22). The fraction of sp³-hybridized carbons (Fsp3) is 0.450. The van der Waals surface area contributed by atoms with Crippen molar-refractivity contribution in [3.05, 3.63) is 46.2 Å². The second-order valence-electron chi connectivity index (χ2n) is 5.91. The molecule has 0 unspecified atom stereocenters. The van der Waals surface area contributed by atoms with Crippen LogP contribution in [0.2, 0.25) is 0 Å². The Labute approximate surface area is 160 Å². The van der Waals surface area contributed by atoms with Crippen molar-refractivity contribution in [3.8, 4) is 11.5 Å². The molecule has 0 bridgehead atoms. The number of rotatable bonds is 9. The summed E-state index contributed by atoms with van der Waals surface area (Å²) < 4.78 is 10.8. The summed E-state index contributed by atoms with van der Waals surface area (Å²) >= 11 is 1.80. The van der Waals surface area contributed by atoms with Crippen LogP contribution in [0.1, 0.15) is 17.4 Å². The summed E-state index contributed by atoms with van der Waals surface area (Å²) in [6.07, 6.45) is 1.83. The Balaban J connectivity index is 1.97. The lowest BCUT2D eigenvalue weighted by atomic mass is 10.1. The minimum atomic E-state index is 0.690. The highest BCUT2D eigenvalue weighted by atomic mass is 32.1. The zero-order chi connectivity index (χ0) is 18.8. The Morgan fingerprint density at radius 3 is 2.69 bits per heavy atom. The summed E-state index contributed by atoms with van der Waals surface area (Å²) in [7, 11) is 5.45. The second kappa shape index (κ2) is 10.7. The first kappa shape index (κ1) is 20.1. The molecule has 0 aliphatic rings. The maximum Gasteiger partial charge on any atom is 0.193 e. The number of hydrogen-bond acceptors (Lipinski definition) is 4. The molecule has 0 aliphatic heterocycles. The third kappa shape index (κ3) is 5.95. The number of nitrogens with one attached hydrogen (secondary N) is 1. The fourth-order valence-corrected chi connectivity index (χ4v) is 3.37. The van der Waals surface area contributed by atoms with Gasteiger partial charge < -0.3 is 19.7 Å². The summed E-state index contributed by atoms with van der Waals surface area (Å²) in [6, 6.07) is 10.1. The summed E-state index contributed by atoms with van der Waals surface area (Å²) in [5, 5.41) is 5.49. The Bertz CT molecular complexity index is 686. The van der Waals surface area contributed by atoms with Gasteiger partial charge in [0.05, 0.1) is 14.2 Å². The van der Waals surface area contributed by atoms with Gasteiger partial charge in [-0.3, -0.25) is 4.99 Å². The monoisotopic (exact) mass is 375 g/mol. The molecule has 0 saturated carbocycles. The van der Waals surface area contributed by atoms with Crippen LogP contribution >= 0.6 is 11.3 Å². The van der Waals surface area contributed by atoms with Crippen LogP contribution in [-0.2, 0) is 12.8 Å². The van der Waals surface area contributed by atoms with Gasteiger partial charge in [0.2, 0.25) is 0 Å². The number of ether oxygens (including phenoxy) is 2. The fourth-order valence-electron chi connectivity index (χ4n) is 2.67. The van der Waals surface area contributed by atoms with E-state index in [1.165, 1.54) is 4.88 Å². The summed E-state index contributed by atoms with van der Waals surface area (Å²) in [5.41, 5.74) is 1.10. The molecule has 1 aromatic carbocycles. The normalized spacial score (nSPS) is 11.3. The minimum Gasteiger partial charge on any atom is -0.497 e. The van der Waals surface area contributed by atoms with Gasteiger partial charge in [-0.05, 0) is 55.0 Å². The zero-order valence-corrected chi connectivity index (χ0v) is 16.9. The van der Waals surface area contributed by atoms with Gasteiger partial charge in [0.1, 0.15) is 11.5 Å². The van der Waals surface area contributed by atoms with Crippen LogP contribution < -0.4 is 14.8 Å². The Hall–Kier alpha value is -2.21. The van der Waals surface area contributed by atoms with E-state index in [4.69, 9.17) is 14.5 Å². The van der Waals surface area contributed by atoms with E-state index < -0.39 is 0 Å². The molecule has 1 N–H and O–H groups in total. The number of methoxy groups -OCH3 is 2. The van der Waals surface area contributed by atoms with Gasteiger partial charge in [0, 0.05) is 31.6 Å². The van der Waals surface area contributed by atoms with Crippen LogP contribution in [0.5, 0.6) is 11.5 Å². The molecule has 0 fully saturated rings. The molecule has 0 radical (unpaired) electrons. The van der Waals surface area contributed by atoms with Gasteiger partial charge in [-0.25, -0.2) is 0 Å². The van der Waals surface area contributed by atoms with E-state index in [9.17, 15) is 0 Å². The number of hydrogen-bond donors (Lipinski definition) is 1. The number of benzene rings is 1. The summed E-state index contributed by atoms with van der Waals surface area (Å²) in [4.78, 5) is 8.36. The number of thiophene rings is 1. The lowest BCUT2D eigenvalue weighted by Crippen LogP contribution is -2.40. The van der Waals surface area contributed by atoms with Gasteiger partial charge in [0.15, 0.2) is 5.96 Å². The van der Waals surface area contributed by atoms with E-state index in [1.807, 2.05) is 18.2 Å². The number of likely N-dealkylation sites (N-methyl/N-ethyl adjacent to an activating group) is 1. The van der Waals surface area contributed by atoms with Gasteiger partial charge in [-0.2, -0.15) is 0 Å². The largest absolute Gasteiger partial charge is 0.497 e. The lowest BCUT2D eigenvalue weighted by Gasteiger charge is -2.22. The molecule has 6 heteroatoms. The molecule has 0 saturated heterocycles. The third-order valence-corrected chi connectivity index (χ3v) is 5.04. The van der Waals surface area contributed by atoms with Gasteiger partial charge in [-0.1, -0.05) is 6.07 Å². The van der Waals surface area contributed by atoms with Crippen molar-refractivity contribution in [2.24, 2.45) is 4.99 Å². The first-order valence-electron chi connectivity index (χ1n) is 8.90. The first-order chi connectivity index (χ1) is 12.7. The maximum atomic E-state index is 5.45. The molecular weight excluding hydrogens is 346 g/mol. The van der Waals surface area contributed by atoms with Gasteiger partial charge in [0.25, 0.3) is 0 Å². The highest BCUT2D eigenvalue weighted by molar-refractivity contribution is 7.09. The molecule has 0 amide bonds. The molecule has 26 heavy (non-hydrogen) atoms. The van der Waals surface area contributed by atoms with Crippen molar-refractivity contribution in [2.45, 2.75) is 19.8 Å². The van der Waals surface area contributed by atoms with Crippen molar-refractivity contribution in [1.29, 1.82) is 0 Å². The first-order valence-corrected chi connectivity index (χ1v) is 9.78. The van der Waals surface area contributed by atoms with Crippen molar-refractivity contribution < 1.29 is 9.47 Å². The van der Waals surface area contributed by atoms with E-state index in [2.05, 4.69) is 41.7 Å². The van der Waals surface area contributed by atoms with Crippen molar-refractivity contribution in [2.75, 3.05) is 40.9 Å². The highest BCUT2D eigenvalue weighted by Gasteiger charge is 2.08. The number of aliphatic imine (C=N–C) groups is 1. The van der Waals surface area contributed by atoms with Crippen molar-refractivity contribution in [1.82, 2.24) is 10.2 Å². The summed E-state index contributed by atoms with van der Waals surface area (Å²) in [5.74, 6) is 2.65. The van der Waals surface area contributed by atoms with Crippen LogP contribution in [0.4, 0.5) is 0 Å². The molecule has 142 valence electrons. The average Bonchev–Trinajstić information content (AvgIpc) is 3.18. The predicted octanol–water partition coefficient (Wildman–Crippen LogP) is 3.45. The van der Waals surface area contributed by atoms with E-state index in [0.717, 1.165) is 49.0 Å². The molecule has 5 nitrogen and oxygen atoms in total. The van der Waals surface area contributed by atoms with Crippen LogP contribution in [-0.4, -0.2) is 51.8 Å². The SMILES string of the molecule is CCNC(=NCCc1cc(OC)ccc1OC)N(C)CCc1cccs1. The molecule has 1 aromatic heterocycles. The Morgan fingerprint density at radius 1 is 1.19 bits per heavy atom. The second-order valence-corrected chi connectivity index (χ2v) is 6.95. The topological polar surface area (TPSA) is 46.1 Å². The lowest BCUT2D eigenvalue weighted by molar-refractivity contribution is 0.399. The quantitative estimate of drug-likeness (QED) is 0.539. The molecular formula is C20H29N3O2S. The predicted molar refractivity (Wildman–Crippen MR) is 110 cm³/mol. The maximum absolute atomic E-state index is 5.45. The van der Waals surface area contributed by atoms with Crippen LogP contribution in [0, 0.1) is 0 Å². The van der Waals surface area contributed by atoms with E-state index in [-0.39, 0.29) is 0 Å². The smallest absolute Gasteiger partial charge is 0.193 e.